The second kappa shape index (κ2) is 14.0. The van der Waals surface area contributed by atoms with E-state index in [9.17, 15) is 29.7 Å². The largest absolute Gasteiger partial charge is 1.00 e. The zero-order valence-electron chi connectivity index (χ0n) is 12.8. The maximum absolute atomic E-state index is 10.8. The maximum atomic E-state index is 10.8. The van der Waals surface area contributed by atoms with E-state index in [2.05, 4.69) is 5.32 Å². The van der Waals surface area contributed by atoms with Gasteiger partial charge in [0.15, 0.2) is 0 Å². The number of hydrogen-bond acceptors (Lipinski definition) is 7. The Balaban J connectivity index is -0.00000120. The van der Waals surface area contributed by atoms with Gasteiger partial charge in [0.25, 0.3) is 0 Å². The van der Waals surface area contributed by atoms with Crippen LogP contribution in [0.1, 0.15) is 32.7 Å². The van der Waals surface area contributed by atoms with Gasteiger partial charge in [-0.15, -0.1) is 0 Å². The molecular formula is C12H10NNa3O6. The Labute approximate surface area is 193 Å². The summed E-state index contributed by atoms with van der Waals surface area (Å²) in [5.74, 6) is -4.42. The summed E-state index contributed by atoms with van der Waals surface area (Å²) in [5, 5.41) is 34.4. The minimum atomic E-state index is -1.62. The number of carboxylic acids is 3. The molecule has 0 saturated carbocycles. The van der Waals surface area contributed by atoms with Crippen molar-refractivity contribution in [2.45, 2.75) is 13.0 Å². The average molecular weight is 333 g/mol. The third kappa shape index (κ3) is 9.67. The molecule has 0 atom stereocenters. The van der Waals surface area contributed by atoms with Crippen molar-refractivity contribution in [3.63, 3.8) is 0 Å². The maximum Gasteiger partial charge on any atom is 1.00 e. The number of carbonyl (C=O) groups excluding carboxylic acids is 3. The monoisotopic (exact) mass is 333 g/mol. The summed E-state index contributed by atoms with van der Waals surface area (Å²) in [4.78, 5) is 31.6. The van der Waals surface area contributed by atoms with Gasteiger partial charge in [-0.1, -0.05) is 12.1 Å². The number of carboxylic acid groups (broad SMARTS) is 3. The molecule has 0 radical (unpaired) electrons. The molecule has 1 aromatic rings. The number of rotatable bonds is 7. The molecule has 0 heterocycles. The third-order valence-electron chi connectivity index (χ3n) is 2.36. The van der Waals surface area contributed by atoms with Crippen molar-refractivity contribution >= 4 is 17.9 Å². The van der Waals surface area contributed by atoms with E-state index in [1.807, 2.05) is 0 Å². The van der Waals surface area contributed by atoms with E-state index >= 15 is 0 Å². The first kappa shape index (κ1) is 27.4. The molecule has 0 bridgehead atoms. The third-order valence-corrected chi connectivity index (χ3v) is 2.36. The van der Waals surface area contributed by atoms with E-state index in [-0.39, 0.29) is 108 Å². The summed E-state index contributed by atoms with van der Waals surface area (Å²) in [6.45, 7) is 0.353. The molecule has 1 rings (SSSR count). The van der Waals surface area contributed by atoms with Gasteiger partial charge in [0.2, 0.25) is 0 Å². The molecule has 0 aliphatic carbocycles. The minimum absolute atomic E-state index is 0. The van der Waals surface area contributed by atoms with Gasteiger partial charge in [-0.2, -0.15) is 0 Å². The molecule has 22 heavy (non-hydrogen) atoms. The van der Waals surface area contributed by atoms with E-state index in [1.165, 1.54) is 6.07 Å². The molecule has 0 amide bonds. The second-order valence-electron chi connectivity index (χ2n) is 3.75. The fourth-order valence-electron chi connectivity index (χ4n) is 1.47. The molecule has 0 unspecified atom stereocenters. The summed E-state index contributed by atoms with van der Waals surface area (Å²) in [5.41, 5.74) is -0.444. The van der Waals surface area contributed by atoms with Crippen molar-refractivity contribution < 1.29 is 118 Å². The quantitative estimate of drug-likeness (QED) is 0.387. The second-order valence-corrected chi connectivity index (χ2v) is 3.75. The molecule has 0 saturated heterocycles. The molecular weight excluding hydrogens is 323 g/mol. The smallest absolute Gasteiger partial charge is 0.550 e. The Morgan fingerprint density at radius 1 is 0.909 bits per heavy atom. The van der Waals surface area contributed by atoms with Crippen LogP contribution in [0.5, 0.6) is 0 Å². The number of carbonyl (C=O) groups is 3. The van der Waals surface area contributed by atoms with Crippen molar-refractivity contribution in [3.8, 4) is 0 Å². The Hall–Kier alpha value is 0.590. The fourth-order valence-corrected chi connectivity index (χ4v) is 1.47. The first-order valence-electron chi connectivity index (χ1n) is 5.38. The van der Waals surface area contributed by atoms with Crippen molar-refractivity contribution in [2.75, 3.05) is 6.54 Å². The van der Waals surface area contributed by atoms with Crippen molar-refractivity contribution in [1.82, 2.24) is 5.32 Å². The molecule has 7 nitrogen and oxygen atoms in total. The van der Waals surface area contributed by atoms with E-state index in [4.69, 9.17) is 0 Å². The van der Waals surface area contributed by atoms with Gasteiger partial charge in [-0.25, -0.2) is 0 Å². The number of aliphatic carboxylic acids is 1. The Kier molecular flexibility index (Phi) is 17.4. The van der Waals surface area contributed by atoms with Gasteiger partial charge < -0.3 is 35.0 Å². The predicted molar refractivity (Wildman–Crippen MR) is 56.4 cm³/mol. The molecule has 0 aliphatic rings. The van der Waals surface area contributed by atoms with Crippen LogP contribution in [0.2, 0.25) is 0 Å². The first-order chi connectivity index (χ1) is 8.91. The predicted octanol–water partition coefficient (Wildman–Crippen LogP) is -12.3. The van der Waals surface area contributed by atoms with E-state index < -0.39 is 29.0 Å². The Morgan fingerprint density at radius 2 is 1.45 bits per heavy atom. The van der Waals surface area contributed by atoms with Crippen molar-refractivity contribution in [1.29, 1.82) is 0 Å². The zero-order valence-corrected chi connectivity index (χ0v) is 18.8. The topological polar surface area (TPSA) is 132 Å². The van der Waals surface area contributed by atoms with Crippen molar-refractivity contribution in [2.24, 2.45) is 0 Å². The molecule has 102 valence electrons. The number of aromatic carboxylic acids is 2. The SMILES string of the molecule is O=C([O-])CCNCc1ccc(C(=O)[O-])c(C(=O)[O-])c1.[Na+].[Na+].[Na+]. The van der Waals surface area contributed by atoms with Gasteiger partial charge in [0.1, 0.15) is 0 Å². The van der Waals surface area contributed by atoms with Crippen LogP contribution < -0.4 is 109 Å². The molecule has 0 aliphatic heterocycles. The molecule has 0 fully saturated rings. The van der Waals surface area contributed by atoms with Crippen LogP contribution >= 0.6 is 0 Å². The summed E-state index contributed by atoms with van der Waals surface area (Å²) < 4.78 is 0. The zero-order chi connectivity index (χ0) is 14.4. The Bertz CT molecular complexity index is 524. The number of nitrogens with one attached hydrogen (secondary N) is 1. The van der Waals surface area contributed by atoms with Crippen LogP contribution in [-0.2, 0) is 11.3 Å². The van der Waals surface area contributed by atoms with E-state index in [1.54, 1.807) is 0 Å². The van der Waals surface area contributed by atoms with E-state index in [0.717, 1.165) is 12.1 Å². The molecule has 10 heteroatoms. The Morgan fingerprint density at radius 3 is 1.91 bits per heavy atom. The number of benzene rings is 1. The van der Waals surface area contributed by atoms with Crippen LogP contribution in [0.15, 0.2) is 18.2 Å². The minimum Gasteiger partial charge on any atom is -0.550 e. The van der Waals surface area contributed by atoms with Crippen molar-refractivity contribution in [3.05, 3.63) is 34.9 Å². The van der Waals surface area contributed by atoms with E-state index in [0.29, 0.717) is 5.56 Å². The van der Waals surface area contributed by atoms with Gasteiger partial charge in [-0.05, 0) is 18.1 Å². The summed E-state index contributed by atoms with van der Waals surface area (Å²) in [6.07, 6.45) is -0.176. The van der Waals surface area contributed by atoms with Crippen LogP contribution in [0.3, 0.4) is 0 Å². The summed E-state index contributed by atoms with van der Waals surface area (Å²) in [7, 11) is 0. The van der Waals surface area contributed by atoms with Gasteiger partial charge in [0.05, 0.1) is 11.9 Å². The van der Waals surface area contributed by atoms with Gasteiger partial charge in [0, 0.05) is 30.2 Å². The van der Waals surface area contributed by atoms with Crippen LogP contribution in [-0.4, -0.2) is 24.5 Å². The normalized spacial score (nSPS) is 8.73. The van der Waals surface area contributed by atoms with Gasteiger partial charge in [-0.3, -0.25) is 0 Å². The molecule has 1 aromatic carbocycles. The summed E-state index contributed by atoms with van der Waals surface area (Å²) >= 11 is 0. The average Bonchev–Trinajstić information content (AvgIpc) is 2.33. The van der Waals surface area contributed by atoms with Crippen LogP contribution in [0.4, 0.5) is 0 Å². The van der Waals surface area contributed by atoms with Crippen LogP contribution in [0.25, 0.3) is 0 Å². The number of hydrogen-bond donors (Lipinski definition) is 1. The van der Waals surface area contributed by atoms with Crippen LogP contribution in [0, 0.1) is 0 Å². The summed E-state index contributed by atoms with van der Waals surface area (Å²) in [6, 6.07) is 3.66. The van der Waals surface area contributed by atoms with Gasteiger partial charge >= 0.3 is 88.7 Å². The molecule has 1 N–H and O–H groups in total. The standard InChI is InChI=1S/C12H13NO6.3Na/c14-10(15)3-4-13-6-7-1-2-8(11(16)17)9(5-7)12(18)19;;;/h1-2,5,13H,3-4,6H2,(H,14,15)(H,16,17)(H,18,19);;;/q;3*+1/p-3. The molecule has 0 aromatic heterocycles. The fraction of sp³-hybridized carbons (Fsp3) is 0.250. The molecule has 0 spiro atoms. The first-order valence-corrected chi connectivity index (χ1v) is 5.38.